The molecule has 8 nitrogen and oxygen atoms in total. The molecule has 0 bridgehead atoms. The van der Waals surface area contributed by atoms with Crippen molar-refractivity contribution in [2.75, 3.05) is 24.7 Å². The minimum Gasteiger partial charge on any atom is -0.365 e. The van der Waals surface area contributed by atoms with Crippen molar-refractivity contribution in [3.8, 4) is 0 Å². The average Bonchev–Trinajstić information content (AvgIpc) is 2.67. The Bertz CT molecular complexity index is 1040. The number of halogens is 1. The molecule has 0 spiro atoms. The van der Waals surface area contributed by atoms with Gasteiger partial charge in [-0.1, -0.05) is 29.8 Å². The molecule has 0 unspecified atom stereocenters. The number of carbonyl (C=O) groups excluding carboxylic acids is 1. The second-order valence-corrected chi connectivity index (χ2v) is 9.70. The Kier molecular flexibility index (Phi) is 6.67. The van der Waals surface area contributed by atoms with Gasteiger partial charge in [-0.2, -0.15) is 4.31 Å². The number of piperidine rings is 1. The van der Waals surface area contributed by atoms with E-state index < -0.39 is 15.9 Å². The standard InChI is InChI=1S/C18H22ClN5O3S2/c1-11-10-12(6-7-13(11)29(26,27)24-8-4-3-5-9-24)21-17-14(16(20)25)15(19)22-18(23-17)28-2/h6-7,10H,3-5,8-9H2,1-2H3,(H2,20,25)(H,21,22,23). The third-order valence-electron chi connectivity index (χ3n) is 4.64. The number of primary amides is 1. The summed E-state index contributed by atoms with van der Waals surface area (Å²) in [6, 6.07) is 4.88. The van der Waals surface area contributed by atoms with E-state index in [1.54, 1.807) is 31.4 Å². The highest BCUT2D eigenvalue weighted by atomic mass is 35.5. The molecule has 3 rings (SSSR count). The van der Waals surface area contributed by atoms with E-state index >= 15 is 0 Å². The van der Waals surface area contributed by atoms with E-state index in [2.05, 4.69) is 15.3 Å². The van der Waals surface area contributed by atoms with E-state index in [-0.39, 0.29) is 21.4 Å². The van der Waals surface area contributed by atoms with Crippen LogP contribution in [-0.2, 0) is 10.0 Å². The number of carbonyl (C=O) groups is 1. The summed E-state index contributed by atoms with van der Waals surface area (Å²) >= 11 is 7.36. The highest BCUT2D eigenvalue weighted by Crippen LogP contribution is 2.29. The van der Waals surface area contributed by atoms with E-state index in [1.165, 1.54) is 16.1 Å². The van der Waals surface area contributed by atoms with E-state index in [4.69, 9.17) is 17.3 Å². The summed E-state index contributed by atoms with van der Waals surface area (Å²) in [4.78, 5) is 20.3. The van der Waals surface area contributed by atoms with Gasteiger partial charge in [-0.15, -0.1) is 0 Å². The van der Waals surface area contributed by atoms with Crippen molar-refractivity contribution in [2.24, 2.45) is 5.73 Å². The first-order valence-electron chi connectivity index (χ1n) is 9.03. The van der Waals surface area contributed by atoms with Gasteiger partial charge in [0.05, 0.1) is 4.90 Å². The van der Waals surface area contributed by atoms with E-state index in [0.717, 1.165) is 19.3 Å². The lowest BCUT2D eigenvalue weighted by atomic mass is 10.2. The molecular formula is C18H22ClN5O3S2. The van der Waals surface area contributed by atoms with Crippen LogP contribution in [0.1, 0.15) is 35.2 Å². The molecule has 1 amide bonds. The molecule has 11 heteroatoms. The van der Waals surface area contributed by atoms with Crippen molar-refractivity contribution < 1.29 is 13.2 Å². The van der Waals surface area contributed by atoms with Crippen molar-refractivity contribution in [1.82, 2.24) is 14.3 Å². The number of nitrogens with zero attached hydrogens (tertiary/aromatic N) is 3. The van der Waals surface area contributed by atoms with Crippen molar-refractivity contribution in [3.05, 3.63) is 34.5 Å². The Hall–Kier alpha value is -1.88. The molecule has 1 aromatic heterocycles. The van der Waals surface area contributed by atoms with Gasteiger partial charge >= 0.3 is 0 Å². The number of hydrogen-bond acceptors (Lipinski definition) is 7. The van der Waals surface area contributed by atoms with Gasteiger partial charge in [0.25, 0.3) is 5.91 Å². The smallest absolute Gasteiger partial charge is 0.255 e. The molecule has 1 aliphatic rings. The second-order valence-electron chi connectivity index (χ2n) is 6.66. The summed E-state index contributed by atoms with van der Waals surface area (Å²) < 4.78 is 27.4. The number of sulfonamides is 1. The maximum absolute atomic E-state index is 13.0. The number of rotatable bonds is 6. The fourth-order valence-corrected chi connectivity index (χ4v) is 5.61. The van der Waals surface area contributed by atoms with E-state index in [1.807, 2.05) is 0 Å². The van der Waals surface area contributed by atoms with Crippen LogP contribution >= 0.6 is 23.4 Å². The van der Waals surface area contributed by atoms with Crippen LogP contribution in [0.4, 0.5) is 11.5 Å². The number of nitrogens with two attached hydrogens (primary N) is 1. The Morgan fingerprint density at radius 2 is 1.93 bits per heavy atom. The third kappa shape index (κ3) is 4.66. The maximum atomic E-state index is 13.0. The topological polar surface area (TPSA) is 118 Å². The van der Waals surface area contributed by atoms with E-state index in [0.29, 0.717) is 29.5 Å². The number of benzene rings is 1. The van der Waals surface area contributed by atoms with E-state index in [9.17, 15) is 13.2 Å². The molecule has 2 heterocycles. The molecule has 1 fully saturated rings. The van der Waals surface area contributed by atoms with Crippen LogP contribution < -0.4 is 11.1 Å². The monoisotopic (exact) mass is 455 g/mol. The van der Waals surface area contributed by atoms with Crippen LogP contribution in [0.2, 0.25) is 5.15 Å². The first-order valence-corrected chi connectivity index (χ1v) is 12.1. The zero-order valence-electron chi connectivity index (χ0n) is 16.1. The number of aryl methyl sites for hydroxylation is 1. The highest BCUT2D eigenvalue weighted by Gasteiger charge is 2.27. The number of anilines is 2. The molecule has 29 heavy (non-hydrogen) atoms. The number of amides is 1. The molecule has 0 saturated carbocycles. The van der Waals surface area contributed by atoms with Crippen LogP contribution in [0.15, 0.2) is 28.3 Å². The normalized spacial score (nSPS) is 15.3. The highest BCUT2D eigenvalue weighted by molar-refractivity contribution is 7.98. The molecule has 0 radical (unpaired) electrons. The van der Waals surface area contributed by atoms with Crippen LogP contribution in [0.3, 0.4) is 0 Å². The minimum atomic E-state index is -3.54. The summed E-state index contributed by atoms with van der Waals surface area (Å²) in [6.07, 6.45) is 4.58. The quantitative estimate of drug-likeness (QED) is 0.390. The van der Waals surface area contributed by atoms with Gasteiger partial charge in [0.2, 0.25) is 10.0 Å². The Balaban J connectivity index is 1.94. The lowest BCUT2D eigenvalue weighted by Crippen LogP contribution is -2.35. The Morgan fingerprint density at radius 1 is 1.24 bits per heavy atom. The molecule has 0 atom stereocenters. The molecule has 2 aromatic rings. The largest absolute Gasteiger partial charge is 0.365 e. The average molecular weight is 456 g/mol. The zero-order chi connectivity index (χ0) is 21.2. The third-order valence-corrected chi connectivity index (χ3v) is 7.52. The van der Waals surface area contributed by atoms with Crippen molar-refractivity contribution in [2.45, 2.75) is 36.2 Å². The van der Waals surface area contributed by atoms with Crippen molar-refractivity contribution in [3.63, 3.8) is 0 Å². The number of nitrogens with one attached hydrogen (secondary N) is 1. The summed E-state index contributed by atoms with van der Waals surface area (Å²) in [5.41, 5.74) is 6.55. The fourth-order valence-electron chi connectivity index (χ4n) is 3.21. The lowest BCUT2D eigenvalue weighted by Gasteiger charge is -2.26. The first kappa shape index (κ1) is 21.8. The molecule has 3 N–H and O–H groups in total. The molecule has 0 aliphatic carbocycles. The summed E-state index contributed by atoms with van der Waals surface area (Å²) in [5.74, 6) is -0.584. The molecule has 1 aliphatic heterocycles. The maximum Gasteiger partial charge on any atom is 0.255 e. The number of aromatic nitrogens is 2. The van der Waals surface area contributed by atoms with Crippen LogP contribution in [-0.4, -0.2) is 47.9 Å². The predicted molar refractivity (Wildman–Crippen MR) is 114 cm³/mol. The zero-order valence-corrected chi connectivity index (χ0v) is 18.5. The van der Waals surface area contributed by atoms with Gasteiger partial charge in [-0.05, 0) is 49.8 Å². The number of thioether (sulfide) groups is 1. The van der Waals surface area contributed by atoms with Gasteiger partial charge in [0, 0.05) is 18.8 Å². The summed E-state index contributed by atoms with van der Waals surface area (Å²) in [5, 5.41) is 3.35. The first-order chi connectivity index (χ1) is 13.7. The van der Waals surface area contributed by atoms with Gasteiger partial charge in [0.1, 0.15) is 16.5 Å². The van der Waals surface area contributed by atoms with Crippen LogP contribution in [0, 0.1) is 6.92 Å². The van der Waals surface area contributed by atoms with Gasteiger partial charge < -0.3 is 11.1 Å². The molecule has 1 saturated heterocycles. The SMILES string of the molecule is CSc1nc(Cl)c(C(N)=O)c(Nc2ccc(S(=O)(=O)N3CCCCC3)c(C)c2)n1. The molecular weight excluding hydrogens is 434 g/mol. The second kappa shape index (κ2) is 8.86. The van der Waals surface area contributed by atoms with Crippen molar-refractivity contribution >= 4 is 50.8 Å². The summed E-state index contributed by atoms with van der Waals surface area (Å²) in [6.45, 7) is 2.82. The minimum absolute atomic E-state index is 0.0212. The molecule has 1 aromatic carbocycles. The van der Waals surface area contributed by atoms with Crippen LogP contribution in [0.5, 0.6) is 0 Å². The van der Waals surface area contributed by atoms with Gasteiger partial charge in [-0.25, -0.2) is 18.4 Å². The van der Waals surface area contributed by atoms with Crippen molar-refractivity contribution in [1.29, 1.82) is 0 Å². The predicted octanol–water partition coefficient (Wildman–Crippen LogP) is 3.18. The molecule has 156 valence electrons. The van der Waals surface area contributed by atoms with Gasteiger partial charge in [0.15, 0.2) is 5.16 Å². The number of hydrogen-bond donors (Lipinski definition) is 2. The Morgan fingerprint density at radius 3 is 2.52 bits per heavy atom. The Labute approximate surface area is 179 Å². The fraction of sp³-hybridized carbons (Fsp3) is 0.389. The van der Waals surface area contributed by atoms with Gasteiger partial charge in [-0.3, -0.25) is 4.79 Å². The van der Waals surface area contributed by atoms with Crippen LogP contribution in [0.25, 0.3) is 0 Å². The summed E-state index contributed by atoms with van der Waals surface area (Å²) in [7, 11) is -3.54. The lowest BCUT2D eigenvalue weighted by molar-refractivity contribution is 0.100.